The Bertz CT molecular complexity index is 689. The molecule has 0 saturated heterocycles. The van der Waals surface area contributed by atoms with Gasteiger partial charge in [-0.15, -0.1) is 0 Å². The highest BCUT2D eigenvalue weighted by atomic mass is 16.6. The summed E-state index contributed by atoms with van der Waals surface area (Å²) in [5, 5.41) is 14.5. The molecule has 0 spiro atoms. The van der Waals surface area contributed by atoms with Crippen LogP contribution in [-0.2, 0) is 6.54 Å². The fraction of sp³-hybridized carbons (Fsp3) is 0.286. The van der Waals surface area contributed by atoms with E-state index in [-0.39, 0.29) is 18.1 Å². The molecular formula is C14H15N3O3. The Morgan fingerprint density at radius 2 is 2.00 bits per heavy atom. The summed E-state index contributed by atoms with van der Waals surface area (Å²) < 4.78 is 1.31. The lowest BCUT2D eigenvalue weighted by Crippen LogP contribution is -2.12. The van der Waals surface area contributed by atoms with Crippen molar-refractivity contribution in [3.63, 3.8) is 0 Å². The molecule has 0 saturated carbocycles. The Hall–Kier alpha value is -2.50. The number of carbonyl (C=O) groups excluding carboxylic acids is 1. The Balaban J connectivity index is 2.23. The number of ketones is 1. The van der Waals surface area contributed by atoms with Gasteiger partial charge in [-0.3, -0.25) is 4.79 Å². The van der Waals surface area contributed by atoms with Crippen molar-refractivity contribution in [1.82, 2.24) is 9.78 Å². The first-order chi connectivity index (χ1) is 9.38. The molecule has 0 fully saturated rings. The van der Waals surface area contributed by atoms with Crippen molar-refractivity contribution in [2.24, 2.45) is 0 Å². The molecule has 1 aromatic heterocycles. The molecule has 0 aliphatic heterocycles. The van der Waals surface area contributed by atoms with Gasteiger partial charge in [0.2, 0.25) is 0 Å². The van der Waals surface area contributed by atoms with Crippen LogP contribution in [0.5, 0.6) is 0 Å². The Labute approximate surface area is 116 Å². The molecule has 0 aliphatic rings. The van der Waals surface area contributed by atoms with Gasteiger partial charge in [-0.2, -0.15) is 4.68 Å². The van der Waals surface area contributed by atoms with Gasteiger partial charge in [0, 0.05) is 5.56 Å². The van der Waals surface area contributed by atoms with Gasteiger partial charge in [-0.1, -0.05) is 23.8 Å². The number of hydrogen-bond acceptors (Lipinski definition) is 4. The summed E-state index contributed by atoms with van der Waals surface area (Å²) in [6.07, 6.45) is 1.51. The van der Waals surface area contributed by atoms with E-state index in [1.54, 1.807) is 13.0 Å². The number of carbonyl (C=O) groups is 1. The lowest BCUT2D eigenvalue weighted by Gasteiger charge is -2.04. The summed E-state index contributed by atoms with van der Waals surface area (Å²) in [6, 6.07) is 5.58. The number of Topliss-reactive ketones (excluding diaryl/α,β-unsaturated/α-hetero) is 1. The average Bonchev–Trinajstić information content (AvgIpc) is 2.70. The van der Waals surface area contributed by atoms with Crippen molar-refractivity contribution in [2.75, 3.05) is 0 Å². The third kappa shape index (κ3) is 2.74. The van der Waals surface area contributed by atoms with Crippen LogP contribution >= 0.6 is 0 Å². The number of aryl methyl sites for hydroxylation is 3. The maximum atomic E-state index is 12.2. The number of benzene rings is 1. The van der Waals surface area contributed by atoms with Crippen LogP contribution in [0, 0.1) is 30.9 Å². The van der Waals surface area contributed by atoms with Crippen LogP contribution in [0.3, 0.4) is 0 Å². The topological polar surface area (TPSA) is 78.0 Å². The summed E-state index contributed by atoms with van der Waals surface area (Å²) in [7, 11) is 0. The van der Waals surface area contributed by atoms with Crippen LogP contribution in [0.15, 0.2) is 24.4 Å². The Kier molecular flexibility index (Phi) is 3.65. The molecule has 6 nitrogen and oxygen atoms in total. The van der Waals surface area contributed by atoms with Crippen LogP contribution < -0.4 is 0 Å². The maximum Gasteiger partial charge on any atom is 0.392 e. The van der Waals surface area contributed by atoms with E-state index in [1.165, 1.54) is 10.9 Å². The summed E-state index contributed by atoms with van der Waals surface area (Å²) in [6.45, 7) is 5.43. The molecule has 0 N–H and O–H groups in total. The SMILES string of the molecule is Cc1ccc(C(=O)Cn2cc(C)c([N+](=O)[O-])n2)c(C)c1. The second-order valence-corrected chi connectivity index (χ2v) is 4.83. The van der Waals surface area contributed by atoms with E-state index in [0.717, 1.165) is 11.1 Å². The molecule has 0 bridgehead atoms. The number of aromatic nitrogens is 2. The minimum atomic E-state index is -0.548. The first kappa shape index (κ1) is 13.9. The highest BCUT2D eigenvalue weighted by molar-refractivity contribution is 5.97. The monoisotopic (exact) mass is 273 g/mol. The summed E-state index contributed by atoms with van der Waals surface area (Å²) in [5.41, 5.74) is 3.05. The zero-order valence-corrected chi connectivity index (χ0v) is 11.6. The minimum Gasteiger partial charge on any atom is -0.358 e. The lowest BCUT2D eigenvalue weighted by molar-refractivity contribution is -0.390. The molecule has 2 aromatic rings. The van der Waals surface area contributed by atoms with Gasteiger partial charge < -0.3 is 10.1 Å². The number of hydrogen-bond donors (Lipinski definition) is 0. The molecule has 0 atom stereocenters. The van der Waals surface area contributed by atoms with Crippen LogP contribution in [0.1, 0.15) is 27.0 Å². The second-order valence-electron chi connectivity index (χ2n) is 4.83. The van der Waals surface area contributed by atoms with Gasteiger partial charge in [0.25, 0.3) is 0 Å². The van der Waals surface area contributed by atoms with Crippen LogP contribution in [-0.4, -0.2) is 20.5 Å². The van der Waals surface area contributed by atoms with E-state index in [9.17, 15) is 14.9 Å². The van der Waals surface area contributed by atoms with Crippen LogP contribution in [0.25, 0.3) is 0 Å². The van der Waals surface area contributed by atoms with Crippen molar-refractivity contribution < 1.29 is 9.72 Å². The van der Waals surface area contributed by atoms with E-state index in [0.29, 0.717) is 11.1 Å². The van der Waals surface area contributed by atoms with Crippen molar-refractivity contribution in [2.45, 2.75) is 27.3 Å². The first-order valence-electron chi connectivity index (χ1n) is 6.17. The van der Waals surface area contributed by atoms with Gasteiger partial charge in [0.15, 0.2) is 5.78 Å². The first-order valence-corrected chi connectivity index (χ1v) is 6.17. The lowest BCUT2D eigenvalue weighted by atomic mass is 10.0. The average molecular weight is 273 g/mol. The van der Waals surface area contributed by atoms with E-state index in [2.05, 4.69) is 5.10 Å². The van der Waals surface area contributed by atoms with Crippen LogP contribution in [0.2, 0.25) is 0 Å². The largest absolute Gasteiger partial charge is 0.392 e. The fourth-order valence-corrected chi connectivity index (χ4v) is 2.13. The Morgan fingerprint density at radius 1 is 1.30 bits per heavy atom. The third-order valence-electron chi connectivity index (χ3n) is 3.08. The predicted octanol–water partition coefficient (Wildman–Crippen LogP) is 2.60. The third-order valence-corrected chi connectivity index (χ3v) is 3.08. The minimum absolute atomic E-state index is 0.00141. The molecule has 0 aliphatic carbocycles. The highest BCUT2D eigenvalue weighted by Gasteiger charge is 2.19. The molecule has 104 valence electrons. The number of nitrogens with zero attached hydrogens (tertiary/aromatic N) is 3. The van der Waals surface area contributed by atoms with Gasteiger partial charge in [-0.05, 0) is 31.3 Å². The van der Waals surface area contributed by atoms with Crippen LogP contribution in [0.4, 0.5) is 5.82 Å². The van der Waals surface area contributed by atoms with E-state index >= 15 is 0 Å². The molecule has 1 heterocycles. The number of rotatable bonds is 4. The highest BCUT2D eigenvalue weighted by Crippen LogP contribution is 2.16. The Morgan fingerprint density at radius 3 is 2.55 bits per heavy atom. The molecule has 1 aromatic carbocycles. The molecule has 0 radical (unpaired) electrons. The van der Waals surface area contributed by atoms with Crippen molar-refractivity contribution >= 4 is 11.6 Å². The zero-order chi connectivity index (χ0) is 14.9. The molecule has 20 heavy (non-hydrogen) atoms. The zero-order valence-electron chi connectivity index (χ0n) is 11.6. The van der Waals surface area contributed by atoms with E-state index < -0.39 is 4.92 Å². The molecule has 0 unspecified atom stereocenters. The van der Waals surface area contributed by atoms with Crippen molar-refractivity contribution in [3.8, 4) is 0 Å². The van der Waals surface area contributed by atoms with Gasteiger partial charge in [0.05, 0.1) is 16.9 Å². The summed E-state index contributed by atoms with van der Waals surface area (Å²) in [5.74, 6) is -0.321. The molecule has 0 amide bonds. The van der Waals surface area contributed by atoms with Crippen molar-refractivity contribution in [1.29, 1.82) is 0 Å². The standard InChI is InChI=1S/C14H15N3O3/c1-9-4-5-12(10(2)6-9)13(18)8-16-7-11(3)14(15-16)17(19)20/h4-7H,8H2,1-3H3. The molecular weight excluding hydrogens is 258 g/mol. The van der Waals surface area contributed by atoms with E-state index in [4.69, 9.17) is 0 Å². The van der Waals surface area contributed by atoms with Gasteiger partial charge in [-0.25, -0.2) is 0 Å². The predicted molar refractivity (Wildman–Crippen MR) is 73.9 cm³/mol. The summed E-state index contributed by atoms with van der Waals surface area (Å²) in [4.78, 5) is 22.4. The number of nitro groups is 1. The maximum absolute atomic E-state index is 12.2. The normalized spacial score (nSPS) is 10.6. The molecule has 6 heteroatoms. The smallest absolute Gasteiger partial charge is 0.358 e. The quantitative estimate of drug-likeness (QED) is 0.487. The fourth-order valence-electron chi connectivity index (χ4n) is 2.13. The van der Waals surface area contributed by atoms with Crippen molar-refractivity contribution in [3.05, 3.63) is 56.8 Å². The van der Waals surface area contributed by atoms with Gasteiger partial charge >= 0.3 is 5.82 Å². The summed E-state index contributed by atoms with van der Waals surface area (Å²) >= 11 is 0. The molecule has 2 rings (SSSR count). The second kappa shape index (κ2) is 5.24. The van der Waals surface area contributed by atoms with E-state index in [1.807, 2.05) is 26.0 Å². The van der Waals surface area contributed by atoms with Gasteiger partial charge in [0.1, 0.15) is 6.54 Å².